The number of thiazole rings is 1. The van der Waals surface area contributed by atoms with Crippen molar-refractivity contribution in [2.45, 2.75) is 12.6 Å². The fourth-order valence-electron chi connectivity index (χ4n) is 2.74. The second kappa shape index (κ2) is 10.9. The van der Waals surface area contributed by atoms with Gasteiger partial charge in [0.05, 0.1) is 24.3 Å². The van der Waals surface area contributed by atoms with Crippen LogP contribution in [0.1, 0.15) is 11.3 Å². The molecule has 0 fully saturated rings. The van der Waals surface area contributed by atoms with Gasteiger partial charge in [0.25, 0.3) is 0 Å². The summed E-state index contributed by atoms with van der Waals surface area (Å²) < 4.78 is 47.9. The molecule has 1 heterocycles. The summed E-state index contributed by atoms with van der Waals surface area (Å²) in [6.07, 6.45) is -5.07. The van der Waals surface area contributed by atoms with E-state index in [1.807, 2.05) is 0 Å². The number of alkyl halides is 3. The molecule has 0 aliphatic heterocycles. The van der Waals surface area contributed by atoms with Gasteiger partial charge < -0.3 is 14.8 Å². The van der Waals surface area contributed by atoms with Gasteiger partial charge in [-0.3, -0.25) is 10.1 Å². The van der Waals surface area contributed by atoms with Crippen LogP contribution in [0, 0.1) is 0 Å². The topological polar surface area (TPSA) is 89.5 Å². The molecule has 2 amide bonds. The number of nitrogens with one attached hydrogen (secondary N) is 2. The molecule has 0 spiro atoms. The average molecular weight is 479 g/mol. The first-order valence-corrected chi connectivity index (χ1v) is 10.6. The van der Waals surface area contributed by atoms with Crippen molar-refractivity contribution in [2.24, 2.45) is 0 Å². The SMILES string of the molecule is COCCOC(=O)Nc1cccc(NC(=O)Cc2csc(-c3ccc(C(F)(F)F)cc3)n2)c1. The number of carbonyl (C=O) groups is 2. The smallest absolute Gasteiger partial charge is 0.416 e. The van der Waals surface area contributed by atoms with E-state index in [2.05, 4.69) is 15.6 Å². The molecular weight excluding hydrogens is 459 g/mol. The summed E-state index contributed by atoms with van der Waals surface area (Å²) in [6.45, 7) is 0.390. The molecule has 0 aliphatic rings. The highest BCUT2D eigenvalue weighted by atomic mass is 32.1. The van der Waals surface area contributed by atoms with Crippen LogP contribution in [0.5, 0.6) is 0 Å². The number of hydrogen-bond donors (Lipinski definition) is 2. The summed E-state index contributed by atoms with van der Waals surface area (Å²) in [5.41, 5.74) is 1.20. The maximum absolute atomic E-state index is 12.7. The summed E-state index contributed by atoms with van der Waals surface area (Å²) in [4.78, 5) is 28.4. The van der Waals surface area contributed by atoms with Crippen molar-refractivity contribution in [3.05, 3.63) is 65.2 Å². The van der Waals surface area contributed by atoms with Crippen molar-refractivity contribution < 1.29 is 32.2 Å². The molecule has 0 radical (unpaired) electrons. The lowest BCUT2D eigenvalue weighted by Crippen LogP contribution is -2.17. The third-order valence-corrected chi connectivity index (χ3v) is 5.21. The number of aromatic nitrogens is 1. The highest BCUT2D eigenvalue weighted by molar-refractivity contribution is 7.13. The molecule has 0 aliphatic carbocycles. The van der Waals surface area contributed by atoms with Gasteiger partial charge in [-0.05, 0) is 30.3 Å². The predicted octanol–water partition coefficient (Wildman–Crippen LogP) is 5.21. The zero-order valence-electron chi connectivity index (χ0n) is 17.4. The minimum Gasteiger partial charge on any atom is -0.447 e. The molecular formula is C22H20F3N3O4S. The quantitative estimate of drug-likeness (QED) is 0.433. The number of amides is 2. The van der Waals surface area contributed by atoms with Crippen LogP contribution in [-0.4, -0.2) is 37.3 Å². The highest BCUT2D eigenvalue weighted by Gasteiger charge is 2.30. The van der Waals surface area contributed by atoms with Crippen molar-refractivity contribution in [3.8, 4) is 10.6 Å². The fourth-order valence-corrected chi connectivity index (χ4v) is 3.56. The van der Waals surface area contributed by atoms with Crippen molar-refractivity contribution in [1.82, 2.24) is 4.98 Å². The van der Waals surface area contributed by atoms with Gasteiger partial charge in [-0.2, -0.15) is 13.2 Å². The summed E-state index contributed by atoms with van der Waals surface area (Å²) >= 11 is 1.24. The van der Waals surface area contributed by atoms with E-state index < -0.39 is 17.8 Å². The Hall–Kier alpha value is -3.44. The first-order chi connectivity index (χ1) is 15.7. The molecule has 1 aromatic heterocycles. The minimum atomic E-state index is -4.40. The first-order valence-electron chi connectivity index (χ1n) is 9.69. The zero-order valence-corrected chi connectivity index (χ0v) is 18.3. The van der Waals surface area contributed by atoms with Crippen molar-refractivity contribution in [3.63, 3.8) is 0 Å². The van der Waals surface area contributed by atoms with Crippen LogP contribution in [0.2, 0.25) is 0 Å². The van der Waals surface area contributed by atoms with E-state index in [0.29, 0.717) is 27.6 Å². The second-order valence-corrected chi connectivity index (χ2v) is 7.64. The first kappa shape index (κ1) is 24.2. The second-order valence-electron chi connectivity index (χ2n) is 6.78. The van der Waals surface area contributed by atoms with Gasteiger partial charge in [0.1, 0.15) is 11.6 Å². The summed E-state index contributed by atoms with van der Waals surface area (Å²) in [7, 11) is 1.49. The monoisotopic (exact) mass is 479 g/mol. The molecule has 3 rings (SSSR count). The van der Waals surface area contributed by atoms with E-state index in [4.69, 9.17) is 9.47 Å². The molecule has 7 nitrogen and oxygen atoms in total. The number of rotatable bonds is 8. The van der Waals surface area contributed by atoms with Crippen LogP contribution < -0.4 is 10.6 Å². The van der Waals surface area contributed by atoms with Crippen LogP contribution in [0.15, 0.2) is 53.9 Å². The van der Waals surface area contributed by atoms with Gasteiger partial charge in [0.15, 0.2) is 0 Å². The van der Waals surface area contributed by atoms with Gasteiger partial charge in [0, 0.05) is 29.4 Å². The van der Waals surface area contributed by atoms with Crippen LogP contribution in [0.25, 0.3) is 10.6 Å². The lowest BCUT2D eigenvalue weighted by Gasteiger charge is -2.09. The van der Waals surface area contributed by atoms with Crippen LogP contribution >= 0.6 is 11.3 Å². The van der Waals surface area contributed by atoms with Gasteiger partial charge in [-0.1, -0.05) is 18.2 Å². The van der Waals surface area contributed by atoms with Gasteiger partial charge in [-0.25, -0.2) is 9.78 Å². The van der Waals surface area contributed by atoms with E-state index in [1.54, 1.807) is 29.6 Å². The van der Waals surface area contributed by atoms with Gasteiger partial charge in [-0.15, -0.1) is 11.3 Å². The number of anilines is 2. The molecule has 0 unspecified atom stereocenters. The number of carbonyl (C=O) groups excluding carboxylic acids is 2. The van der Waals surface area contributed by atoms with E-state index in [9.17, 15) is 22.8 Å². The molecule has 0 saturated heterocycles. The highest BCUT2D eigenvalue weighted by Crippen LogP contribution is 2.31. The predicted molar refractivity (Wildman–Crippen MR) is 118 cm³/mol. The Balaban J connectivity index is 1.56. The number of benzene rings is 2. The summed E-state index contributed by atoms with van der Waals surface area (Å²) in [5.74, 6) is -0.334. The number of ether oxygens (including phenoxy) is 2. The largest absolute Gasteiger partial charge is 0.447 e. The lowest BCUT2D eigenvalue weighted by molar-refractivity contribution is -0.137. The van der Waals surface area contributed by atoms with E-state index in [-0.39, 0.29) is 25.5 Å². The van der Waals surface area contributed by atoms with Crippen molar-refractivity contribution in [2.75, 3.05) is 31.0 Å². The van der Waals surface area contributed by atoms with Crippen LogP contribution in [0.4, 0.5) is 29.3 Å². The molecule has 2 aromatic carbocycles. The van der Waals surface area contributed by atoms with E-state index in [0.717, 1.165) is 12.1 Å². The summed E-state index contributed by atoms with van der Waals surface area (Å²) in [6, 6.07) is 11.2. The Bertz CT molecular complexity index is 1100. The lowest BCUT2D eigenvalue weighted by atomic mass is 10.1. The maximum atomic E-state index is 12.7. The van der Waals surface area contributed by atoms with Crippen molar-refractivity contribution in [1.29, 1.82) is 0 Å². The van der Waals surface area contributed by atoms with E-state index in [1.165, 1.54) is 30.6 Å². The fraction of sp³-hybridized carbons (Fsp3) is 0.227. The Kier molecular flexibility index (Phi) is 8.01. The Labute approximate surface area is 191 Å². The molecule has 174 valence electrons. The Morgan fingerprint density at radius 3 is 2.39 bits per heavy atom. The molecule has 0 saturated carbocycles. The minimum absolute atomic E-state index is 0.0200. The van der Waals surface area contributed by atoms with Gasteiger partial charge >= 0.3 is 12.3 Å². The Morgan fingerprint density at radius 1 is 1.03 bits per heavy atom. The standard InChI is InChI=1S/C22H20F3N3O4S/c1-31-9-10-32-21(30)28-17-4-2-3-16(11-17)26-19(29)12-18-13-33-20(27-18)14-5-7-15(8-6-14)22(23,24)25/h2-8,11,13H,9-10,12H2,1H3,(H,26,29)(H,28,30). The molecule has 3 aromatic rings. The molecule has 33 heavy (non-hydrogen) atoms. The zero-order chi connectivity index (χ0) is 23.8. The number of hydrogen-bond acceptors (Lipinski definition) is 6. The van der Waals surface area contributed by atoms with E-state index >= 15 is 0 Å². The van der Waals surface area contributed by atoms with Gasteiger partial charge in [0.2, 0.25) is 5.91 Å². The number of methoxy groups -OCH3 is 1. The molecule has 2 N–H and O–H groups in total. The summed E-state index contributed by atoms with van der Waals surface area (Å²) in [5, 5.41) is 7.47. The van der Waals surface area contributed by atoms with Crippen LogP contribution in [0.3, 0.4) is 0 Å². The van der Waals surface area contributed by atoms with Crippen molar-refractivity contribution >= 4 is 34.7 Å². The third kappa shape index (κ3) is 7.29. The van der Waals surface area contributed by atoms with Crippen LogP contribution in [-0.2, 0) is 26.9 Å². The molecule has 11 heteroatoms. The molecule has 0 bridgehead atoms. The maximum Gasteiger partial charge on any atom is 0.416 e. The third-order valence-electron chi connectivity index (χ3n) is 4.27. The number of halogens is 3. The average Bonchev–Trinajstić information content (AvgIpc) is 3.22. The molecule has 0 atom stereocenters. The Morgan fingerprint density at radius 2 is 1.73 bits per heavy atom. The number of nitrogens with zero attached hydrogens (tertiary/aromatic N) is 1. The normalized spacial score (nSPS) is 11.2.